The van der Waals surface area contributed by atoms with Crippen molar-refractivity contribution in [2.24, 2.45) is 23.7 Å². The molecular formula is C23H24O4. The average Bonchev–Trinajstić information content (AvgIpc) is 2.65. The van der Waals surface area contributed by atoms with Crippen LogP contribution in [0.25, 0.3) is 0 Å². The molecule has 1 saturated heterocycles. The molecule has 1 unspecified atom stereocenters. The zero-order chi connectivity index (χ0) is 18.1. The van der Waals surface area contributed by atoms with Gasteiger partial charge in [-0.05, 0) is 80.0 Å². The first kappa shape index (κ1) is 16.0. The molecule has 4 nitrogen and oxygen atoms in total. The summed E-state index contributed by atoms with van der Waals surface area (Å²) in [6.07, 6.45) is 6.14. The Labute approximate surface area is 159 Å². The van der Waals surface area contributed by atoms with E-state index in [1.165, 1.54) is 32.1 Å². The van der Waals surface area contributed by atoms with Crippen molar-refractivity contribution in [2.45, 2.75) is 43.5 Å². The highest BCUT2D eigenvalue weighted by Gasteiger charge is 2.77. The van der Waals surface area contributed by atoms with Gasteiger partial charge < -0.3 is 9.84 Å². The number of hydrogen-bond donors (Lipinski definition) is 1. The van der Waals surface area contributed by atoms with Crippen molar-refractivity contribution in [3.8, 4) is 11.5 Å². The predicted molar refractivity (Wildman–Crippen MR) is 98.8 cm³/mol. The average molecular weight is 364 g/mol. The number of phenolic OH excluding ortho intramolecular Hbond substituents is 1. The van der Waals surface area contributed by atoms with Crippen LogP contribution in [0.4, 0.5) is 0 Å². The Balaban J connectivity index is 1.50. The standard InChI is InChI=1S/C23H24O4/c24-20-6-4-5-17(14-20)23(25-21-7-2-1-3-8-21)22(26-27-23)18-10-15-9-16(12-18)13-19(22)11-15/h1-8,14-16,18-19,24H,9-13H2. The van der Waals surface area contributed by atoms with Gasteiger partial charge in [0.05, 0.1) is 0 Å². The summed E-state index contributed by atoms with van der Waals surface area (Å²) in [6.45, 7) is 0. The molecule has 4 bridgehead atoms. The normalized spacial score (nSPS) is 41.5. The minimum absolute atomic E-state index is 0.220. The Bertz CT molecular complexity index is 836. The van der Waals surface area contributed by atoms with Gasteiger partial charge in [0.25, 0.3) is 5.79 Å². The molecule has 27 heavy (non-hydrogen) atoms. The molecule has 4 aliphatic carbocycles. The van der Waals surface area contributed by atoms with Crippen LogP contribution in [0.15, 0.2) is 54.6 Å². The topological polar surface area (TPSA) is 47.9 Å². The van der Waals surface area contributed by atoms with E-state index in [4.69, 9.17) is 14.5 Å². The van der Waals surface area contributed by atoms with Gasteiger partial charge in [0.2, 0.25) is 0 Å². The summed E-state index contributed by atoms with van der Waals surface area (Å²) >= 11 is 0. The fourth-order valence-corrected chi connectivity index (χ4v) is 6.57. The van der Waals surface area contributed by atoms with Crippen LogP contribution in [-0.2, 0) is 15.6 Å². The summed E-state index contributed by atoms with van der Waals surface area (Å²) in [7, 11) is 0. The molecule has 1 aliphatic heterocycles. The Morgan fingerprint density at radius 3 is 2.11 bits per heavy atom. The van der Waals surface area contributed by atoms with E-state index in [1.807, 2.05) is 42.5 Å². The molecule has 4 heteroatoms. The predicted octanol–water partition coefficient (Wildman–Crippen LogP) is 4.78. The number of aromatic hydroxyl groups is 1. The second-order valence-corrected chi connectivity index (χ2v) is 8.85. The van der Waals surface area contributed by atoms with E-state index in [0.29, 0.717) is 11.8 Å². The van der Waals surface area contributed by atoms with E-state index < -0.39 is 11.4 Å². The Hall–Kier alpha value is -2.04. The summed E-state index contributed by atoms with van der Waals surface area (Å²) in [5.41, 5.74) is 0.370. The van der Waals surface area contributed by atoms with Gasteiger partial charge in [0, 0.05) is 5.56 Å². The third kappa shape index (κ3) is 2.06. The largest absolute Gasteiger partial charge is 0.508 e. The van der Waals surface area contributed by atoms with Crippen LogP contribution in [0.5, 0.6) is 11.5 Å². The summed E-state index contributed by atoms with van der Waals surface area (Å²) in [4.78, 5) is 12.0. The van der Waals surface area contributed by atoms with Crippen LogP contribution in [0, 0.1) is 23.7 Å². The van der Waals surface area contributed by atoms with Gasteiger partial charge in [-0.1, -0.05) is 30.3 Å². The van der Waals surface area contributed by atoms with E-state index in [-0.39, 0.29) is 5.75 Å². The highest BCUT2D eigenvalue weighted by molar-refractivity contribution is 5.37. The Kier molecular flexibility index (Phi) is 3.25. The summed E-state index contributed by atoms with van der Waals surface area (Å²) < 4.78 is 6.60. The van der Waals surface area contributed by atoms with E-state index in [9.17, 15) is 5.11 Å². The maximum absolute atomic E-state index is 10.1. The van der Waals surface area contributed by atoms with E-state index in [0.717, 1.165) is 23.1 Å². The molecule has 0 radical (unpaired) electrons. The second-order valence-electron chi connectivity index (χ2n) is 8.85. The number of para-hydroxylation sites is 1. The fourth-order valence-electron chi connectivity index (χ4n) is 6.57. The van der Waals surface area contributed by atoms with Crippen molar-refractivity contribution in [1.82, 2.24) is 0 Å². The van der Waals surface area contributed by atoms with E-state index in [1.54, 1.807) is 12.1 Å². The lowest BCUT2D eigenvalue weighted by Crippen LogP contribution is -2.77. The molecule has 1 N–H and O–H groups in total. The lowest BCUT2D eigenvalue weighted by atomic mass is 9.47. The lowest BCUT2D eigenvalue weighted by Gasteiger charge is -2.68. The fraction of sp³-hybridized carbons (Fsp3) is 0.478. The van der Waals surface area contributed by atoms with Gasteiger partial charge in [0.15, 0.2) is 5.60 Å². The minimum Gasteiger partial charge on any atom is -0.508 e. The SMILES string of the molecule is Oc1cccc(C2(Oc3ccccc3)OOC23C2CC4CC(C2)CC3C4)c1. The molecule has 4 saturated carbocycles. The second kappa shape index (κ2) is 5.49. The molecule has 140 valence electrons. The highest BCUT2D eigenvalue weighted by atomic mass is 17.3. The van der Waals surface area contributed by atoms with Crippen molar-refractivity contribution in [2.75, 3.05) is 0 Å². The number of hydrogen-bond acceptors (Lipinski definition) is 4. The molecule has 2 aromatic rings. The van der Waals surface area contributed by atoms with Crippen LogP contribution < -0.4 is 4.74 Å². The van der Waals surface area contributed by atoms with Crippen molar-refractivity contribution in [3.05, 3.63) is 60.2 Å². The molecule has 5 fully saturated rings. The van der Waals surface area contributed by atoms with Gasteiger partial charge >= 0.3 is 0 Å². The maximum atomic E-state index is 10.1. The molecular weight excluding hydrogens is 340 g/mol. The van der Waals surface area contributed by atoms with Crippen LogP contribution in [0.3, 0.4) is 0 Å². The number of ether oxygens (including phenoxy) is 1. The summed E-state index contributed by atoms with van der Waals surface area (Å²) in [5, 5.41) is 10.1. The van der Waals surface area contributed by atoms with E-state index >= 15 is 0 Å². The molecule has 1 spiro atoms. The molecule has 1 atom stereocenters. The number of benzene rings is 2. The molecule has 0 aromatic heterocycles. The Morgan fingerprint density at radius 1 is 0.815 bits per heavy atom. The van der Waals surface area contributed by atoms with Gasteiger partial charge in [-0.25, -0.2) is 4.89 Å². The van der Waals surface area contributed by atoms with Gasteiger partial charge in [-0.2, -0.15) is 4.89 Å². The summed E-state index contributed by atoms with van der Waals surface area (Å²) in [5.74, 6) is 2.50. The van der Waals surface area contributed by atoms with Gasteiger partial charge in [-0.15, -0.1) is 0 Å². The molecule has 0 amide bonds. The van der Waals surface area contributed by atoms with Crippen molar-refractivity contribution < 1.29 is 19.6 Å². The lowest BCUT2D eigenvalue weighted by molar-refractivity contribution is -0.635. The Morgan fingerprint density at radius 2 is 1.52 bits per heavy atom. The van der Waals surface area contributed by atoms with E-state index in [2.05, 4.69) is 0 Å². The monoisotopic (exact) mass is 364 g/mol. The molecule has 1 heterocycles. The highest BCUT2D eigenvalue weighted by Crippen LogP contribution is 2.69. The van der Waals surface area contributed by atoms with Crippen molar-refractivity contribution >= 4 is 0 Å². The maximum Gasteiger partial charge on any atom is 0.299 e. The third-order valence-electron chi connectivity index (χ3n) is 7.39. The molecule has 2 aromatic carbocycles. The number of rotatable bonds is 3. The quantitative estimate of drug-likeness (QED) is 0.796. The minimum atomic E-state index is -1.00. The number of phenols is 1. The first-order chi connectivity index (χ1) is 13.2. The van der Waals surface area contributed by atoms with Gasteiger partial charge in [-0.3, -0.25) is 0 Å². The van der Waals surface area contributed by atoms with Crippen LogP contribution >= 0.6 is 0 Å². The van der Waals surface area contributed by atoms with Crippen molar-refractivity contribution in [1.29, 1.82) is 0 Å². The van der Waals surface area contributed by atoms with Crippen molar-refractivity contribution in [3.63, 3.8) is 0 Å². The summed E-state index contributed by atoms with van der Waals surface area (Å²) in [6, 6.07) is 17.1. The zero-order valence-corrected chi connectivity index (χ0v) is 15.2. The third-order valence-corrected chi connectivity index (χ3v) is 7.39. The molecule has 7 rings (SSSR count). The molecule has 5 aliphatic rings. The first-order valence-corrected chi connectivity index (χ1v) is 10.1. The van der Waals surface area contributed by atoms with Crippen LogP contribution in [-0.4, -0.2) is 10.7 Å². The van der Waals surface area contributed by atoms with Gasteiger partial charge in [0.1, 0.15) is 11.5 Å². The van der Waals surface area contributed by atoms with Crippen LogP contribution in [0.1, 0.15) is 37.7 Å². The van der Waals surface area contributed by atoms with Crippen LogP contribution in [0.2, 0.25) is 0 Å². The zero-order valence-electron chi connectivity index (χ0n) is 15.2. The first-order valence-electron chi connectivity index (χ1n) is 10.1. The smallest absolute Gasteiger partial charge is 0.299 e.